The summed E-state index contributed by atoms with van der Waals surface area (Å²) in [5.74, 6) is 0.144. The number of fused-ring (bicyclic) bond motifs is 1. The molecule has 1 aromatic carbocycles. The summed E-state index contributed by atoms with van der Waals surface area (Å²) >= 11 is 10.4. The minimum absolute atomic E-state index is 0.0523. The van der Waals surface area contributed by atoms with Crippen LogP contribution in [0, 0.1) is 5.92 Å². The highest BCUT2D eigenvalue weighted by molar-refractivity contribution is 7.80. The van der Waals surface area contributed by atoms with Crippen molar-refractivity contribution in [2.45, 2.75) is 42.6 Å². The molecule has 1 heterocycles. The number of benzene rings is 1. The quantitative estimate of drug-likeness (QED) is 0.777. The van der Waals surface area contributed by atoms with Crippen molar-refractivity contribution in [2.75, 3.05) is 13.1 Å². The molecule has 0 radical (unpaired) electrons. The molecule has 21 heavy (non-hydrogen) atoms. The minimum Gasteiger partial charge on any atom is -0.389 e. The lowest BCUT2D eigenvalue weighted by Crippen LogP contribution is -2.54. The first-order valence-electron chi connectivity index (χ1n) is 7.50. The molecule has 1 aromatic rings. The molecule has 1 amide bonds. The van der Waals surface area contributed by atoms with E-state index in [-0.39, 0.29) is 11.8 Å². The van der Waals surface area contributed by atoms with Crippen molar-refractivity contribution in [1.29, 1.82) is 0 Å². The van der Waals surface area contributed by atoms with E-state index >= 15 is 0 Å². The van der Waals surface area contributed by atoms with Gasteiger partial charge in [-0.3, -0.25) is 4.79 Å². The van der Waals surface area contributed by atoms with Crippen LogP contribution in [0.1, 0.15) is 42.5 Å². The van der Waals surface area contributed by atoms with Crippen molar-refractivity contribution in [3.63, 3.8) is 0 Å². The topological polar surface area (TPSA) is 40.5 Å². The highest BCUT2D eigenvalue weighted by Gasteiger charge is 2.43. The largest absolute Gasteiger partial charge is 0.389 e. The predicted octanol–water partition coefficient (Wildman–Crippen LogP) is 3.40. The van der Waals surface area contributed by atoms with Crippen molar-refractivity contribution < 1.29 is 9.90 Å². The highest BCUT2D eigenvalue weighted by atomic mass is 35.5. The first kappa shape index (κ1) is 15.2. The lowest BCUT2D eigenvalue weighted by Gasteiger charge is -2.47. The standard InChI is InChI=1S/C16H20ClNO2S/c17-14-5-4-12(21)9-13(14)15(19)18-8-7-16(20)6-2-1-3-11(16)10-18/h4-5,9,11,20-21H,1-3,6-8,10H2. The molecule has 2 aliphatic rings. The van der Waals surface area contributed by atoms with Gasteiger partial charge in [0, 0.05) is 23.9 Å². The molecule has 0 bridgehead atoms. The summed E-state index contributed by atoms with van der Waals surface area (Å²) in [4.78, 5) is 15.2. The summed E-state index contributed by atoms with van der Waals surface area (Å²) in [6.07, 6.45) is 4.77. The number of carbonyl (C=O) groups is 1. The number of halogens is 1. The number of aliphatic hydroxyl groups is 1. The number of rotatable bonds is 1. The van der Waals surface area contributed by atoms with Crippen molar-refractivity contribution in [3.05, 3.63) is 28.8 Å². The Labute approximate surface area is 135 Å². The lowest BCUT2D eigenvalue weighted by atomic mass is 9.71. The van der Waals surface area contributed by atoms with Gasteiger partial charge < -0.3 is 10.0 Å². The van der Waals surface area contributed by atoms with Gasteiger partial charge in [0.25, 0.3) is 5.91 Å². The number of amides is 1. The van der Waals surface area contributed by atoms with E-state index < -0.39 is 5.60 Å². The molecule has 2 atom stereocenters. The van der Waals surface area contributed by atoms with Gasteiger partial charge in [-0.15, -0.1) is 12.6 Å². The molecule has 0 aromatic heterocycles. The Bertz CT molecular complexity index is 565. The number of thiol groups is 1. The first-order valence-corrected chi connectivity index (χ1v) is 8.32. The van der Waals surface area contributed by atoms with E-state index in [1.54, 1.807) is 18.2 Å². The highest BCUT2D eigenvalue weighted by Crippen LogP contribution is 2.40. The molecule has 1 aliphatic carbocycles. The van der Waals surface area contributed by atoms with Crippen molar-refractivity contribution in [3.8, 4) is 0 Å². The van der Waals surface area contributed by atoms with E-state index in [9.17, 15) is 9.90 Å². The van der Waals surface area contributed by atoms with Crippen LogP contribution in [-0.2, 0) is 0 Å². The SMILES string of the molecule is O=C(c1cc(S)ccc1Cl)N1CCC2(O)CCCCC2C1. The van der Waals surface area contributed by atoms with Gasteiger partial charge in [-0.1, -0.05) is 24.4 Å². The second-order valence-corrected chi connectivity index (χ2v) is 7.14. The van der Waals surface area contributed by atoms with E-state index in [1.165, 1.54) is 0 Å². The monoisotopic (exact) mass is 325 g/mol. The van der Waals surface area contributed by atoms with Gasteiger partial charge in [-0.05, 0) is 37.5 Å². The van der Waals surface area contributed by atoms with E-state index in [2.05, 4.69) is 12.6 Å². The third-order valence-electron chi connectivity index (χ3n) is 4.90. The van der Waals surface area contributed by atoms with Crippen LogP contribution >= 0.6 is 24.2 Å². The fraction of sp³-hybridized carbons (Fsp3) is 0.562. The maximum absolute atomic E-state index is 12.7. The molecule has 114 valence electrons. The molecule has 1 saturated carbocycles. The van der Waals surface area contributed by atoms with Crippen LogP contribution in [0.25, 0.3) is 0 Å². The van der Waals surface area contributed by atoms with E-state index in [0.717, 1.165) is 30.6 Å². The Morgan fingerprint density at radius 1 is 1.38 bits per heavy atom. The molecule has 1 saturated heterocycles. The second-order valence-electron chi connectivity index (χ2n) is 6.21. The summed E-state index contributed by atoms with van der Waals surface area (Å²) in [5.41, 5.74) is -0.0602. The zero-order valence-corrected chi connectivity index (χ0v) is 13.5. The van der Waals surface area contributed by atoms with Crippen molar-refractivity contribution in [2.24, 2.45) is 5.92 Å². The van der Waals surface area contributed by atoms with Crippen LogP contribution in [-0.4, -0.2) is 34.6 Å². The maximum atomic E-state index is 12.7. The molecule has 1 N–H and O–H groups in total. The zero-order chi connectivity index (χ0) is 15.0. The van der Waals surface area contributed by atoms with E-state index in [1.807, 2.05) is 4.90 Å². The summed E-state index contributed by atoms with van der Waals surface area (Å²) in [5, 5.41) is 11.1. The summed E-state index contributed by atoms with van der Waals surface area (Å²) in [7, 11) is 0. The average Bonchev–Trinajstić information content (AvgIpc) is 2.48. The molecule has 3 rings (SSSR count). The summed E-state index contributed by atoms with van der Waals surface area (Å²) < 4.78 is 0. The molecular weight excluding hydrogens is 306 g/mol. The fourth-order valence-electron chi connectivity index (χ4n) is 3.60. The molecule has 2 unspecified atom stereocenters. The number of carbonyl (C=O) groups excluding carboxylic acids is 1. The fourth-order valence-corrected chi connectivity index (χ4v) is 4.00. The average molecular weight is 326 g/mol. The van der Waals surface area contributed by atoms with Crippen molar-refractivity contribution >= 4 is 30.1 Å². The van der Waals surface area contributed by atoms with Gasteiger partial charge in [-0.25, -0.2) is 0 Å². The van der Waals surface area contributed by atoms with Crippen LogP contribution in [0.3, 0.4) is 0 Å². The number of hydrogen-bond acceptors (Lipinski definition) is 3. The van der Waals surface area contributed by atoms with Crippen LogP contribution < -0.4 is 0 Å². The Hall–Kier alpha value is -0.710. The molecule has 0 spiro atoms. The second kappa shape index (κ2) is 5.82. The van der Waals surface area contributed by atoms with Gasteiger partial charge in [0.15, 0.2) is 0 Å². The third-order valence-corrected chi connectivity index (χ3v) is 5.50. The number of piperidine rings is 1. The number of nitrogens with zero attached hydrogens (tertiary/aromatic N) is 1. The summed E-state index contributed by atoms with van der Waals surface area (Å²) in [6.45, 7) is 1.22. The van der Waals surface area contributed by atoms with E-state index in [4.69, 9.17) is 11.6 Å². The van der Waals surface area contributed by atoms with Gasteiger partial charge in [0.2, 0.25) is 0 Å². The first-order chi connectivity index (χ1) is 9.99. The molecule has 5 heteroatoms. The molecular formula is C16H20ClNO2S. The van der Waals surface area contributed by atoms with Crippen LogP contribution in [0.15, 0.2) is 23.1 Å². The normalized spacial score (nSPS) is 29.1. The third kappa shape index (κ3) is 2.94. The predicted molar refractivity (Wildman–Crippen MR) is 86.1 cm³/mol. The van der Waals surface area contributed by atoms with Gasteiger partial charge in [0.05, 0.1) is 16.2 Å². The Balaban J connectivity index is 1.79. The Kier molecular flexibility index (Phi) is 4.21. The molecule has 2 fully saturated rings. The van der Waals surface area contributed by atoms with Crippen LogP contribution in [0.5, 0.6) is 0 Å². The van der Waals surface area contributed by atoms with Gasteiger partial charge in [-0.2, -0.15) is 0 Å². The maximum Gasteiger partial charge on any atom is 0.255 e. The summed E-state index contributed by atoms with van der Waals surface area (Å²) in [6, 6.07) is 5.20. The minimum atomic E-state index is -0.565. The van der Waals surface area contributed by atoms with E-state index in [0.29, 0.717) is 30.1 Å². The Morgan fingerprint density at radius 3 is 3.00 bits per heavy atom. The number of hydrogen-bond donors (Lipinski definition) is 2. The lowest BCUT2D eigenvalue weighted by molar-refractivity contribution is -0.0886. The van der Waals surface area contributed by atoms with Crippen LogP contribution in [0.2, 0.25) is 5.02 Å². The van der Waals surface area contributed by atoms with Gasteiger partial charge in [0.1, 0.15) is 0 Å². The zero-order valence-electron chi connectivity index (χ0n) is 11.9. The molecule has 3 nitrogen and oxygen atoms in total. The smallest absolute Gasteiger partial charge is 0.255 e. The van der Waals surface area contributed by atoms with Crippen molar-refractivity contribution in [1.82, 2.24) is 4.90 Å². The van der Waals surface area contributed by atoms with Crippen LogP contribution in [0.4, 0.5) is 0 Å². The van der Waals surface area contributed by atoms with Gasteiger partial charge >= 0.3 is 0 Å². The Morgan fingerprint density at radius 2 is 2.19 bits per heavy atom. The molecule has 1 aliphatic heterocycles. The number of likely N-dealkylation sites (tertiary alicyclic amines) is 1.